The van der Waals surface area contributed by atoms with Crippen LogP contribution in [-0.2, 0) is 14.3 Å². The summed E-state index contributed by atoms with van der Waals surface area (Å²) in [5.41, 5.74) is -0.841. The first-order chi connectivity index (χ1) is 6.22. The first kappa shape index (κ1) is 9.00. The summed E-state index contributed by atoms with van der Waals surface area (Å²) in [6.45, 7) is 0.374. The highest BCUT2D eigenvalue weighted by Crippen LogP contribution is 2.50. The number of hydrogen-bond donors (Lipinski definition) is 0. The number of carbonyl (C=O) groups is 2. The van der Waals surface area contributed by atoms with Crippen LogP contribution in [0.5, 0.6) is 0 Å². The van der Waals surface area contributed by atoms with E-state index in [2.05, 4.69) is 0 Å². The Morgan fingerprint density at radius 2 is 2.31 bits per heavy atom. The van der Waals surface area contributed by atoms with E-state index < -0.39 is 11.0 Å². The monoisotopic (exact) mass is 202 g/mol. The molecule has 2 rings (SSSR count). The molecule has 13 heavy (non-hydrogen) atoms. The van der Waals surface area contributed by atoms with Crippen LogP contribution < -0.4 is 0 Å². The molecule has 0 aromatic carbocycles. The first-order valence-electron chi connectivity index (χ1n) is 4.52. The molecule has 0 radical (unpaired) electrons. The summed E-state index contributed by atoms with van der Waals surface area (Å²) in [6, 6.07) is 0. The van der Waals surface area contributed by atoms with Crippen LogP contribution in [0.4, 0.5) is 0 Å². The molecule has 72 valence electrons. The number of carbonyl (C=O) groups excluding carboxylic acids is 2. The number of fused-ring (bicyclic) bond motifs is 1. The summed E-state index contributed by atoms with van der Waals surface area (Å²) < 4.78 is 4.94. The summed E-state index contributed by atoms with van der Waals surface area (Å²) in [4.78, 5) is 21.8. The van der Waals surface area contributed by atoms with Crippen LogP contribution >= 0.6 is 11.6 Å². The van der Waals surface area contributed by atoms with E-state index in [1.807, 2.05) is 0 Å². The van der Waals surface area contributed by atoms with Gasteiger partial charge in [0.15, 0.2) is 11.4 Å². The number of ketones is 1. The van der Waals surface area contributed by atoms with E-state index in [-0.39, 0.29) is 11.7 Å². The van der Waals surface area contributed by atoms with Crippen molar-refractivity contribution >= 4 is 23.9 Å². The molecular formula is C9H11ClO3. The first-order valence-corrected chi connectivity index (χ1v) is 4.96. The van der Waals surface area contributed by atoms with Gasteiger partial charge in [-0.1, -0.05) is 6.42 Å². The van der Waals surface area contributed by atoms with Crippen LogP contribution in [0.15, 0.2) is 0 Å². The maximum atomic E-state index is 11.5. The van der Waals surface area contributed by atoms with E-state index in [0.29, 0.717) is 12.9 Å². The van der Waals surface area contributed by atoms with Gasteiger partial charge in [0, 0.05) is 5.92 Å². The minimum absolute atomic E-state index is 0.0561. The van der Waals surface area contributed by atoms with E-state index in [0.717, 1.165) is 19.3 Å². The summed E-state index contributed by atoms with van der Waals surface area (Å²) >= 11 is 5.85. The lowest BCUT2D eigenvalue weighted by molar-refractivity contribution is -0.183. The summed E-state index contributed by atoms with van der Waals surface area (Å²) in [5, 5.41) is -0.430. The molecule has 2 aliphatic carbocycles. The fourth-order valence-corrected chi connectivity index (χ4v) is 2.98. The van der Waals surface area contributed by atoms with Crippen molar-refractivity contribution in [2.75, 3.05) is 0 Å². The van der Waals surface area contributed by atoms with Gasteiger partial charge in [-0.15, -0.1) is 11.6 Å². The number of halogens is 1. The van der Waals surface area contributed by atoms with Crippen molar-refractivity contribution in [3.05, 3.63) is 0 Å². The fraction of sp³-hybridized carbons (Fsp3) is 0.778. The molecule has 0 N–H and O–H groups in total. The van der Waals surface area contributed by atoms with Crippen molar-refractivity contribution in [3.63, 3.8) is 0 Å². The second-order valence-electron chi connectivity index (χ2n) is 3.72. The van der Waals surface area contributed by atoms with Crippen LogP contribution in [0.1, 0.15) is 25.7 Å². The van der Waals surface area contributed by atoms with Crippen LogP contribution in [0.2, 0.25) is 0 Å². The molecule has 2 fully saturated rings. The van der Waals surface area contributed by atoms with Crippen molar-refractivity contribution in [2.24, 2.45) is 5.92 Å². The van der Waals surface area contributed by atoms with Gasteiger partial charge < -0.3 is 4.74 Å². The highest BCUT2D eigenvalue weighted by Gasteiger charge is 2.64. The van der Waals surface area contributed by atoms with Gasteiger partial charge >= 0.3 is 0 Å². The van der Waals surface area contributed by atoms with Gasteiger partial charge in [0.1, 0.15) is 5.38 Å². The zero-order chi connectivity index (χ0) is 9.47. The Kier molecular flexibility index (Phi) is 2.06. The van der Waals surface area contributed by atoms with E-state index in [1.165, 1.54) is 0 Å². The zero-order valence-corrected chi connectivity index (χ0v) is 7.92. The average Bonchev–Trinajstić information content (AvgIpc) is 2.17. The molecule has 4 heteroatoms. The minimum atomic E-state index is -0.841. The Balaban J connectivity index is 2.21. The standard InChI is InChI=1S/C9H11ClO3/c10-7-6-3-1-2-4-9(6,8(7)12)13-5-11/h5-7H,1-4H2. The lowest BCUT2D eigenvalue weighted by Gasteiger charge is -2.51. The predicted molar refractivity (Wildman–Crippen MR) is 46.5 cm³/mol. The highest BCUT2D eigenvalue weighted by atomic mass is 35.5. The molecule has 0 aromatic rings. The summed E-state index contributed by atoms with van der Waals surface area (Å²) in [6.07, 6.45) is 3.57. The Labute approximate surface area is 81.4 Å². The van der Waals surface area contributed by atoms with E-state index >= 15 is 0 Å². The van der Waals surface area contributed by atoms with Gasteiger partial charge in [-0.25, -0.2) is 0 Å². The second-order valence-corrected chi connectivity index (χ2v) is 4.19. The van der Waals surface area contributed by atoms with Gasteiger partial charge in [0.25, 0.3) is 6.47 Å². The lowest BCUT2D eigenvalue weighted by Crippen LogP contribution is -2.67. The third-order valence-electron chi connectivity index (χ3n) is 3.19. The molecular weight excluding hydrogens is 192 g/mol. The number of rotatable bonds is 2. The SMILES string of the molecule is O=COC12CCCCC1C(Cl)C2=O. The van der Waals surface area contributed by atoms with Gasteiger partial charge in [0.2, 0.25) is 0 Å². The lowest BCUT2D eigenvalue weighted by atomic mass is 9.60. The van der Waals surface area contributed by atoms with Gasteiger partial charge in [-0.2, -0.15) is 0 Å². The third-order valence-corrected chi connectivity index (χ3v) is 3.69. The van der Waals surface area contributed by atoms with Gasteiger partial charge in [-0.05, 0) is 19.3 Å². The molecule has 0 heterocycles. The van der Waals surface area contributed by atoms with Crippen LogP contribution in [0.3, 0.4) is 0 Å². The number of Topliss-reactive ketones (excluding diaryl/α,β-unsaturated/α-hetero) is 1. The fourth-order valence-electron chi connectivity index (χ4n) is 2.47. The van der Waals surface area contributed by atoms with Gasteiger partial charge in [-0.3, -0.25) is 9.59 Å². The highest BCUT2D eigenvalue weighted by molar-refractivity contribution is 6.35. The molecule has 2 saturated carbocycles. The van der Waals surface area contributed by atoms with Gasteiger partial charge in [0.05, 0.1) is 0 Å². The smallest absolute Gasteiger partial charge is 0.294 e. The summed E-state index contributed by atoms with van der Waals surface area (Å²) in [5.74, 6) is -0.0495. The van der Waals surface area contributed by atoms with Crippen LogP contribution in [0.25, 0.3) is 0 Å². The Morgan fingerprint density at radius 3 is 3.00 bits per heavy atom. The van der Waals surface area contributed by atoms with Crippen molar-refractivity contribution < 1.29 is 14.3 Å². The maximum absolute atomic E-state index is 11.5. The van der Waals surface area contributed by atoms with E-state index in [4.69, 9.17) is 16.3 Å². The number of alkyl halides is 1. The van der Waals surface area contributed by atoms with Crippen LogP contribution in [-0.4, -0.2) is 23.2 Å². The van der Waals surface area contributed by atoms with Crippen LogP contribution in [0, 0.1) is 5.92 Å². The van der Waals surface area contributed by atoms with E-state index in [9.17, 15) is 9.59 Å². The minimum Gasteiger partial charge on any atom is -0.453 e. The molecule has 0 saturated heterocycles. The number of ether oxygens (including phenoxy) is 1. The third kappa shape index (κ3) is 1.03. The Morgan fingerprint density at radius 1 is 1.54 bits per heavy atom. The molecule has 0 aromatic heterocycles. The molecule has 0 spiro atoms. The molecule has 2 aliphatic rings. The Hall–Kier alpha value is -0.570. The van der Waals surface area contributed by atoms with Crippen molar-refractivity contribution in [1.29, 1.82) is 0 Å². The Bertz CT molecular complexity index is 253. The summed E-state index contributed by atoms with van der Waals surface area (Å²) in [7, 11) is 0. The maximum Gasteiger partial charge on any atom is 0.294 e. The molecule has 3 atom stereocenters. The quantitative estimate of drug-likeness (QED) is 0.501. The molecule has 0 amide bonds. The molecule has 0 bridgehead atoms. The van der Waals surface area contributed by atoms with E-state index in [1.54, 1.807) is 0 Å². The van der Waals surface area contributed by atoms with Crippen molar-refractivity contribution in [3.8, 4) is 0 Å². The number of hydrogen-bond acceptors (Lipinski definition) is 3. The largest absolute Gasteiger partial charge is 0.453 e. The average molecular weight is 203 g/mol. The topological polar surface area (TPSA) is 43.4 Å². The molecule has 0 aliphatic heterocycles. The second kappa shape index (κ2) is 2.98. The normalized spacial score (nSPS) is 43.3. The van der Waals surface area contributed by atoms with Crippen molar-refractivity contribution in [2.45, 2.75) is 36.7 Å². The molecule has 3 nitrogen and oxygen atoms in total. The predicted octanol–water partition coefficient (Wildman–Crippen LogP) is 1.28. The van der Waals surface area contributed by atoms with Crippen molar-refractivity contribution in [1.82, 2.24) is 0 Å². The molecule has 3 unspecified atom stereocenters. The zero-order valence-electron chi connectivity index (χ0n) is 7.16.